The highest BCUT2D eigenvalue weighted by Gasteiger charge is 2.43. The first kappa shape index (κ1) is 20.2. The van der Waals surface area contributed by atoms with Gasteiger partial charge in [-0.2, -0.15) is 0 Å². The molecule has 1 amide bonds. The van der Waals surface area contributed by atoms with E-state index in [2.05, 4.69) is 27.7 Å². The Morgan fingerprint density at radius 3 is 2.23 bits per heavy atom. The Labute approximate surface area is 156 Å². The van der Waals surface area contributed by atoms with E-state index >= 15 is 0 Å². The van der Waals surface area contributed by atoms with Gasteiger partial charge in [-0.05, 0) is 23.0 Å². The van der Waals surface area contributed by atoms with Crippen LogP contribution in [0.5, 0.6) is 0 Å². The van der Waals surface area contributed by atoms with E-state index in [9.17, 15) is 14.7 Å². The van der Waals surface area contributed by atoms with Crippen LogP contribution in [0.3, 0.4) is 0 Å². The summed E-state index contributed by atoms with van der Waals surface area (Å²) in [6.07, 6.45) is 1.77. The molecule has 0 spiro atoms. The van der Waals surface area contributed by atoms with Crippen LogP contribution in [0, 0.1) is 5.92 Å². The van der Waals surface area contributed by atoms with Crippen molar-refractivity contribution in [1.82, 2.24) is 4.90 Å². The predicted octanol–water partition coefficient (Wildman–Crippen LogP) is 4.70. The van der Waals surface area contributed by atoms with Crippen LogP contribution in [0.2, 0.25) is 0 Å². The second-order valence-electron chi connectivity index (χ2n) is 8.41. The summed E-state index contributed by atoms with van der Waals surface area (Å²) in [6, 6.07) is 7.54. The first-order valence-electron chi connectivity index (χ1n) is 9.48. The maximum atomic E-state index is 12.7. The summed E-state index contributed by atoms with van der Waals surface area (Å²) < 4.78 is 0. The normalized spacial score (nSPS) is 18.2. The van der Waals surface area contributed by atoms with E-state index in [1.807, 2.05) is 24.3 Å². The molecule has 4 nitrogen and oxygen atoms in total. The van der Waals surface area contributed by atoms with Crippen molar-refractivity contribution in [2.24, 2.45) is 5.92 Å². The number of carbonyl (C=O) groups is 2. The SMILES string of the molecule is CCCCN1C(=O)C(O)=C(C(=O)C(C)C)C1c1ccc(C(C)(C)C)cc1. The van der Waals surface area contributed by atoms with Crippen LogP contribution in [-0.2, 0) is 15.0 Å². The van der Waals surface area contributed by atoms with Gasteiger partial charge in [0.25, 0.3) is 5.91 Å². The molecule has 1 atom stereocenters. The molecule has 26 heavy (non-hydrogen) atoms. The number of aliphatic hydroxyl groups excluding tert-OH is 1. The van der Waals surface area contributed by atoms with Gasteiger partial charge in [0, 0.05) is 12.5 Å². The van der Waals surface area contributed by atoms with Gasteiger partial charge in [-0.3, -0.25) is 9.59 Å². The van der Waals surface area contributed by atoms with Crippen molar-refractivity contribution in [3.63, 3.8) is 0 Å². The molecule has 1 aromatic rings. The minimum Gasteiger partial charge on any atom is -0.503 e. The lowest BCUT2D eigenvalue weighted by atomic mass is 9.85. The van der Waals surface area contributed by atoms with E-state index in [4.69, 9.17) is 0 Å². The Morgan fingerprint density at radius 2 is 1.77 bits per heavy atom. The molecule has 1 aromatic carbocycles. The van der Waals surface area contributed by atoms with Crippen LogP contribution >= 0.6 is 0 Å². The maximum Gasteiger partial charge on any atom is 0.290 e. The van der Waals surface area contributed by atoms with E-state index in [0.717, 1.165) is 18.4 Å². The second kappa shape index (κ2) is 7.65. The van der Waals surface area contributed by atoms with Gasteiger partial charge in [0.05, 0.1) is 11.6 Å². The molecule has 142 valence electrons. The van der Waals surface area contributed by atoms with Crippen molar-refractivity contribution in [3.05, 3.63) is 46.7 Å². The molecule has 0 saturated carbocycles. The number of hydrogen-bond acceptors (Lipinski definition) is 3. The quantitative estimate of drug-likeness (QED) is 0.802. The van der Waals surface area contributed by atoms with Crippen molar-refractivity contribution < 1.29 is 14.7 Å². The van der Waals surface area contributed by atoms with Gasteiger partial charge < -0.3 is 10.0 Å². The number of nitrogens with zero attached hydrogens (tertiary/aromatic N) is 1. The first-order valence-corrected chi connectivity index (χ1v) is 9.48. The Balaban J connectivity index is 2.50. The summed E-state index contributed by atoms with van der Waals surface area (Å²) >= 11 is 0. The molecule has 0 aromatic heterocycles. The highest BCUT2D eigenvalue weighted by Crippen LogP contribution is 2.39. The molecule has 0 fully saturated rings. The lowest BCUT2D eigenvalue weighted by Gasteiger charge is -2.28. The Kier molecular flexibility index (Phi) is 5.94. The van der Waals surface area contributed by atoms with Gasteiger partial charge in [-0.1, -0.05) is 72.2 Å². The van der Waals surface area contributed by atoms with Crippen molar-refractivity contribution in [1.29, 1.82) is 0 Å². The maximum absolute atomic E-state index is 12.7. The molecule has 0 bridgehead atoms. The van der Waals surface area contributed by atoms with Gasteiger partial charge in [0.15, 0.2) is 11.5 Å². The van der Waals surface area contributed by atoms with E-state index in [1.165, 1.54) is 5.56 Å². The molecular formula is C22H31NO3. The Morgan fingerprint density at radius 1 is 1.19 bits per heavy atom. The largest absolute Gasteiger partial charge is 0.503 e. The molecule has 2 rings (SSSR count). The van der Waals surface area contributed by atoms with Crippen molar-refractivity contribution in [2.75, 3.05) is 6.54 Å². The van der Waals surface area contributed by atoms with Crippen LogP contribution in [0.1, 0.15) is 71.6 Å². The van der Waals surface area contributed by atoms with Crippen LogP contribution in [0.25, 0.3) is 0 Å². The molecule has 0 radical (unpaired) electrons. The van der Waals surface area contributed by atoms with E-state index < -0.39 is 11.9 Å². The number of benzene rings is 1. The van der Waals surface area contributed by atoms with Gasteiger partial charge in [-0.25, -0.2) is 0 Å². The number of Topliss-reactive ketones (excluding diaryl/α,β-unsaturated/α-hetero) is 1. The molecule has 1 heterocycles. The van der Waals surface area contributed by atoms with Crippen molar-refractivity contribution in [3.8, 4) is 0 Å². The third kappa shape index (κ3) is 3.84. The predicted molar refractivity (Wildman–Crippen MR) is 104 cm³/mol. The summed E-state index contributed by atoms with van der Waals surface area (Å²) in [6.45, 7) is 12.6. The summed E-state index contributed by atoms with van der Waals surface area (Å²) in [7, 11) is 0. The number of rotatable bonds is 6. The zero-order chi connectivity index (χ0) is 19.6. The zero-order valence-corrected chi connectivity index (χ0v) is 16.8. The van der Waals surface area contributed by atoms with Gasteiger partial charge in [0.2, 0.25) is 0 Å². The summed E-state index contributed by atoms with van der Waals surface area (Å²) in [5.41, 5.74) is 2.33. The van der Waals surface area contributed by atoms with Gasteiger partial charge >= 0.3 is 0 Å². The zero-order valence-electron chi connectivity index (χ0n) is 16.8. The average Bonchev–Trinajstić information content (AvgIpc) is 2.83. The third-order valence-electron chi connectivity index (χ3n) is 4.94. The Hall–Kier alpha value is -2.10. The van der Waals surface area contributed by atoms with Gasteiger partial charge in [-0.15, -0.1) is 0 Å². The number of carbonyl (C=O) groups excluding carboxylic acids is 2. The summed E-state index contributed by atoms with van der Waals surface area (Å²) in [4.78, 5) is 27.0. The molecule has 0 aliphatic carbocycles. The lowest BCUT2D eigenvalue weighted by molar-refractivity contribution is -0.129. The molecule has 1 unspecified atom stereocenters. The summed E-state index contributed by atoms with van der Waals surface area (Å²) in [5.74, 6) is -1.26. The smallest absolute Gasteiger partial charge is 0.290 e. The van der Waals surface area contributed by atoms with Gasteiger partial charge in [0.1, 0.15) is 0 Å². The highest BCUT2D eigenvalue weighted by molar-refractivity contribution is 6.09. The molecule has 0 saturated heterocycles. The fraction of sp³-hybridized carbons (Fsp3) is 0.545. The molecule has 1 aliphatic rings. The fourth-order valence-corrected chi connectivity index (χ4v) is 3.29. The molecule has 1 aliphatic heterocycles. The van der Waals surface area contributed by atoms with E-state index in [1.54, 1.807) is 18.7 Å². The number of unbranched alkanes of at least 4 members (excludes halogenated alkanes) is 1. The van der Waals surface area contributed by atoms with Crippen molar-refractivity contribution in [2.45, 2.75) is 65.8 Å². The minimum atomic E-state index is -0.502. The van der Waals surface area contributed by atoms with Crippen LogP contribution in [0.15, 0.2) is 35.6 Å². The lowest BCUT2D eigenvalue weighted by Crippen LogP contribution is -2.32. The minimum absolute atomic E-state index is 0.0283. The standard InChI is InChI=1S/C22H31NO3/c1-7-8-13-23-18(15-9-11-16(12-10-15)22(4,5)6)17(19(24)14(2)3)20(25)21(23)26/h9-12,14,18,25H,7-8,13H2,1-6H3. The van der Waals surface area contributed by atoms with Crippen LogP contribution in [-0.4, -0.2) is 28.2 Å². The third-order valence-corrected chi connectivity index (χ3v) is 4.94. The monoisotopic (exact) mass is 357 g/mol. The molecule has 1 N–H and O–H groups in total. The number of hydrogen-bond donors (Lipinski definition) is 1. The van der Waals surface area contributed by atoms with Crippen LogP contribution in [0.4, 0.5) is 0 Å². The number of amides is 1. The first-order chi connectivity index (χ1) is 12.1. The molecule has 4 heteroatoms. The van der Waals surface area contributed by atoms with Crippen molar-refractivity contribution >= 4 is 11.7 Å². The summed E-state index contributed by atoms with van der Waals surface area (Å²) in [5, 5.41) is 10.4. The topological polar surface area (TPSA) is 57.6 Å². The fourth-order valence-electron chi connectivity index (χ4n) is 3.29. The van der Waals surface area contributed by atoms with Crippen LogP contribution < -0.4 is 0 Å². The Bertz CT molecular complexity index is 708. The average molecular weight is 357 g/mol. The number of aliphatic hydroxyl groups is 1. The highest BCUT2D eigenvalue weighted by atomic mass is 16.3. The molecular weight excluding hydrogens is 326 g/mol. The van der Waals surface area contributed by atoms with E-state index in [0.29, 0.717) is 6.54 Å². The number of ketones is 1. The van der Waals surface area contributed by atoms with E-state index in [-0.39, 0.29) is 28.4 Å². The second-order valence-corrected chi connectivity index (χ2v) is 8.41.